The second-order valence-electron chi connectivity index (χ2n) is 6.94. The van der Waals surface area contributed by atoms with E-state index in [1.807, 2.05) is 6.92 Å². The van der Waals surface area contributed by atoms with Gasteiger partial charge in [-0.25, -0.2) is 4.79 Å². The number of hydrogen-bond donors (Lipinski definition) is 1. The number of piperazine rings is 1. The number of halogens is 1. The minimum Gasteiger partial charge on any atom is -0.380 e. The lowest BCUT2D eigenvalue weighted by Crippen LogP contribution is -2.51. The number of rotatable bonds is 9. The summed E-state index contributed by atoms with van der Waals surface area (Å²) < 4.78 is 20.7. The summed E-state index contributed by atoms with van der Waals surface area (Å²) in [6, 6.07) is 0. The van der Waals surface area contributed by atoms with Crippen LogP contribution in [0.3, 0.4) is 0 Å². The Kier molecular flexibility index (Phi) is 7.03. The van der Waals surface area contributed by atoms with Gasteiger partial charge < -0.3 is 15.0 Å². The number of carbonyl (C=O) groups is 2. The number of carbonyl (C=O) groups excluding carboxylic acids is 2. The van der Waals surface area contributed by atoms with Gasteiger partial charge in [0.25, 0.3) is 5.56 Å². The van der Waals surface area contributed by atoms with Crippen molar-refractivity contribution < 1.29 is 18.7 Å². The van der Waals surface area contributed by atoms with Crippen molar-refractivity contribution in [1.82, 2.24) is 19.4 Å². The monoisotopic (exact) mass is 440 g/mol. The molecule has 2 aromatic heterocycles. The molecular weight excluding hydrogens is 415 g/mol. The summed E-state index contributed by atoms with van der Waals surface area (Å²) in [7, 11) is 0. The van der Waals surface area contributed by atoms with E-state index in [0.717, 1.165) is 9.44 Å². The van der Waals surface area contributed by atoms with Crippen LogP contribution in [0.15, 0.2) is 9.59 Å². The van der Waals surface area contributed by atoms with Gasteiger partial charge in [-0.15, -0.1) is 11.3 Å². The molecule has 0 bridgehead atoms. The summed E-state index contributed by atoms with van der Waals surface area (Å²) in [4.78, 5) is 52.4. The number of nitrogens with zero attached hydrogens (tertiary/aromatic N) is 3. The average Bonchev–Trinajstić information content (AvgIpc) is 3.04. The van der Waals surface area contributed by atoms with E-state index in [4.69, 9.17) is 4.74 Å². The van der Waals surface area contributed by atoms with Crippen LogP contribution in [0.5, 0.6) is 0 Å². The molecule has 0 spiro atoms. The predicted octanol–water partition coefficient (Wildman–Crippen LogP) is 0.388. The number of aryl methyl sites for hydroxylation is 2. The molecule has 0 aromatic carbocycles. The fourth-order valence-electron chi connectivity index (χ4n) is 3.45. The summed E-state index contributed by atoms with van der Waals surface area (Å²) in [6.07, 6.45) is 0.149. The van der Waals surface area contributed by atoms with E-state index >= 15 is 0 Å². The number of ether oxygens (including phenoxy) is 1. The third-order valence-electron chi connectivity index (χ3n) is 5.05. The van der Waals surface area contributed by atoms with E-state index in [2.05, 4.69) is 5.32 Å². The molecule has 0 unspecified atom stereocenters. The zero-order valence-electron chi connectivity index (χ0n) is 17.0. The van der Waals surface area contributed by atoms with Crippen LogP contribution in [0.4, 0.5) is 4.39 Å². The first-order chi connectivity index (χ1) is 14.4. The van der Waals surface area contributed by atoms with Crippen LogP contribution in [0.2, 0.25) is 0 Å². The summed E-state index contributed by atoms with van der Waals surface area (Å²) in [5, 5.41) is 2.88. The lowest BCUT2D eigenvalue weighted by molar-refractivity contribution is -0.148. The molecule has 1 N–H and O–H groups in total. The molecule has 1 aliphatic heterocycles. The first-order valence-corrected chi connectivity index (χ1v) is 10.7. The number of fused-ring (bicyclic) bond motifs is 1. The van der Waals surface area contributed by atoms with E-state index in [-0.39, 0.29) is 32.7 Å². The van der Waals surface area contributed by atoms with Crippen LogP contribution in [0.25, 0.3) is 10.2 Å². The quantitative estimate of drug-likeness (QED) is 0.449. The molecular formula is C19H25FN4O5S. The number of aromatic nitrogens is 2. The van der Waals surface area contributed by atoms with Gasteiger partial charge in [0.15, 0.2) is 0 Å². The Hall–Kier alpha value is -2.53. The fraction of sp³-hybridized carbons (Fsp3) is 0.579. The molecule has 1 saturated heterocycles. The third kappa shape index (κ3) is 4.17. The first kappa shape index (κ1) is 22.2. The van der Waals surface area contributed by atoms with Gasteiger partial charge >= 0.3 is 17.5 Å². The molecule has 9 nitrogen and oxygen atoms in total. The second-order valence-corrected chi connectivity index (χ2v) is 8.03. The topological polar surface area (TPSA) is 103 Å². The highest BCUT2D eigenvalue weighted by atomic mass is 32.1. The van der Waals surface area contributed by atoms with Crippen LogP contribution < -0.4 is 16.6 Å². The Morgan fingerprint density at radius 2 is 1.93 bits per heavy atom. The average molecular weight is 440 g/mol. The molecule has 11 heteroatoms. The predicted molar refractivity (Wildman–Crippen MR) is 111 cm³/mol. The number of alkyl halides is 1. The molecule has 0 atom stereocenters. The minimum absolute atomic E-state index is 0.104. The van der Waals surface area contributed by atoms with E-state index in [1.54, 1.807) is 6.92 Å². The Balaban J connectivity index is 2.09. The third-order valence-corrected chi connectivity index (χ3v) is 6.35. The highest BCUT2D eigenvalue weighted by molar-refractivity contribution is 7.18. The summed E-state index contributed by atoms with van der Waals surface area (Å²) in [5.41, 5.74) is -0.256. The molecule has 2 aromatic rings. The molecule has 2 amide bonds. The Morgan fingerprint density at radius 3 is 2.63 bits per heavy atom. The maximum absolute atomic E-state index is 13.1. The van der Waals surface area contributed by atoms with Gasteiger partial charge in [0.2, 0.25) is 0 Å². The summed E-state index contributed by atoms with van der Waals surface area (Å²) in [5.74, 6) is -1.28. The maximum atomic E-state index is 13.1. The molecule has 0 radical (unpaired) electrons. The van der Waals surface area contributed by atoms with E-state index < -0.39 is 29.7 Å². The van der Waals surface area contributed by atoms with Gasteiger partial charge in [0, 0.05) is 31.1 Å². The van der Waals surface area contributed by atoms with Gasteiger partial charge in [-0.3, -0.25) is 27.9 Å². The molecule has 164 valence electrons. The largest absolute Gasteiger partial charge is 0.380 e. The van der Waals surface area contributed by atoms with E-state index in [9.17, 15) is 23.6 Å². The minimum atomic E-state index is -0.654. The van der Waals surface area contributed by atoms with Crippen molar-refractivity contribution >= 4 is 33.4 Å². The van der Waals surface area contributed by atoms with Gasteiger partial charge in [-0.2, -0.15) is 0 Å². The smallest absolute Gasteiger partial charge is 0.332 e. The van der Waals surface area contributed by atoms with Crippen LogP contribution in [-0.4, -0.2) is 58.8 Å². The lowest BCUT2D eigenvalue weighted by Gasteiger charge is -2.26. The SMILES string of the molecule is CCOCCn1c(=O)c2c(C)c(CN3CCNC(=O)C3=O)sc2n(CCCF)c1=O. The zero-order valence-corrected chi connectivity index (χ0v) is 17.8. The maximum Gasteiger partial charge on any atom is 0.332 e. The lowest BCUT2D eigenvalue weighted by atomic mass is 10.2. The van der Waals surface area contributed by atoms with Crippen molar-refractivity contribution in [3.8, 4) is 0 Å². The van der Waals surface area contributed by atoms with E-state index in [0.29, 0.717) is 35.5 Å². The number of amides is 2. The molecule has 3 rings (SSSR count). The van der Waals surface area contributed by atoms with Crippen LogP contribution >= 0.6 is 11.3 Å². The van der Waals surface area contributed by atoms with E-state index in [1.165, 1.54) is 20.8 Å². The number of nitrogens with one attached hydrogen (secondary N) is 1. The standard InChI is InChI=1S/C19H25FN4O5S/c1-3-29-10-9-23-16(26)14-12(2)13(11-22-8-6-21-15(25)17(22)27)30-18(14)24(19(23)28)7-4-5-20/h3-11H2,1-2H3,(H,21,25). The van der Waals surface area contributed by atoms with Crippen LogP contribution in [0.1, 0.15) is 23.8 Å². The van der Waals surface area contributed by atoms with Crippen molar-refractivity contribution in [3.05, 3.63) is 31.3 Å². The number of thiophene rings is 1. The van der Waals surface area contributed by atoms with Crippen LogP contribution in [-0.2, 0) is 34.0 Å². The van der Waals surface area contributed by atoms with Crippen molar-refractivity contribution in [2.45, 2.75) is 39.9 Å². The number of hydrogen-bond acceptors (Lipinski definition) is 6. The summed E-state index contributed by atoms with van der Waals surface area (Å²) in [6.45, 7) is 4.83. The fourth-order valence-corrected chi connectivity index (χ4v) is 4.78. The van der Waals surface area contributed by atoms with Gasteiger partial charge in [0.1, 0.15) is 4.83 Å². The van der Waals surface area contributed by atoms with Crippen molar-refractivity contribution in [1.29, 1.82) is 0 Å². The van der Waals surface area contributed by atoms with Crippen molar-refractivity contribution in [2.24, 2.45) is 0 Å². The van der Waals surface area contributed by atoms with Gasteiger partial charge in [-0.05, 0) is 25.8 Å². The zero-order chi connectivity index (χ0) is 21.8. The molecule has 1 fully saturated rings. The summed E-state index contributed by atoms with van der Waals surface area (Å²) >= 11 is 1.23. The Morgan fingerprint density at radius 1 is 1.17 bits per heavy atom. The first-order valence-electron chi connectivity index (χ1n) is 9.87. The second kappa shape index (κ2) is 9.52. The molecule has 30 heavy (non-hydrogen) atoms. The highest BCUT2D eigenvalue weighted by Gasteiger charge is 2.28. The molecule has 3 heterocycles. The Bertz CT molecular complexity index is 1070. The molecule has 0 aliphatic carbocycles. The molecule has 0 saturated carbocycles. The van der Waals surface area contributed by atoms with Gasteiger partial charge in [-0.1, -0.05) is 0 Å². The van der Waals surface area contributed by atoms with Crippen LogP contribution in [0, 0.1) is 6.92 Å². The Labute approximate surface area is 176 Å². The van der Waals surface area contributed by atoms with Gasteiger partial charge in [0.05, 0.1) is 31.8 Å². The normalized spacial score (nSPS) is 14.6. The molecule has 1 aliphatic rings. The van der Waals surface area contributed by atoms with Crippen molar-refractivity contribution in [3.63, 3.8) is 0 Å². The highest BCUT2D eigenvalue weighted by Crippen LogP contribution is 2.29. The van der Waals surface area contributed by atoms with Crippen molar-refractivity contribution in [2.75, 3.05) is 33.0 Å².